The predicted octanol–water partition coefficient (Wildman–Crippen LogP) is 3.39. The monoisotopic (exact) mass is 314 g/mol. The van der Waals surface area contributed by atoms with E-state index < -0.39 is 0 Å². The number of urea groups is 1. The van der Waals surface area contributed by atoms with Gasteiger partial charge < -0.3 is 15.4 Å². The largest absolute Gasteiger partial charge is 0.382 e. The van der Waals surface area contributed by atoms with E-state index in [1.54, 1.807) is 0 Å². The van der Waals surface area contributed by atoms with Crippen LogP contribution in [0.1, 0.15) is 19.8 Å². The third kappa shape index (κ3) is 6.61. The van der Waals surface area contributed by atoms with Crippen LogP contribution in [0.2, 0.25) is 0 Å². The van der Waals surface area contributed by atoms with Crippen LogP contribution in [0.5, 0.6) is 0 Å². The van der Waals surface area contributed by atoms with Gasteiger partial charge in [-0.15, -0.1) is 0 Å². The van der Waals surface area contributed by atoms with Crippen molar-refractivity contribution in [2.24, 2.45) is 0 Å². The van der Waals surface area contributed by atoms with E-state index in [4.69, 9.17) is 4.74 Å². The lowest BCUT2D eigenvalue weighted by molar-refractivity contribution is 0.143. The number of anilines is 1. The summed E-state index contributed by atoms with van der Waals surface area (Å²) >= 11 is 3.34. The number of halogens is 1. The van der Waals surface area contributed by atoms with Gasteiger partial charge in [0.25, 0.3) is 0 Å². The van der Waals surface area contributed by atoms with Crippen molar-refractivity contribution in [1.29, 1.82) is 0 Å². The number of hydrogen-bond acceptors (Lipinski definition) is 2. The van der Waals surface area contributed by atoms with E-state index in [0.29, 0.717) is 6.54 Å². The molecular weight excluding hydrogens is 296 g/mol. The quantitative estimate of drug-likeness (QED) is 0.758. The van der Waals surface area contributed by atoms with Gasteiger partial charge in [0.05, 0.1) is 0 Å². The van der Waals surface area contributed by atoms with Gasteiger partial charge in [-0.3, -0.25) is 0 Å². The minimum absolute atomic E-state index is 0.172. The summed E-state index contributed by atoms with van der Waals surface area (Å²) in [6.07, 6.45) is 1.89. The predicted molar refractivity (Wildman–Crippen MR) is 76.9 cm³/mol. The molecule has 0 aliphatic heterocycles. The number of ether oxygens (including phenoxy) is 1. The van der Waals surface area contributed by atoms with E-state index in [9.17, 15) is 4.79 Å². The molecule has 0 atom stereocenters. The molecule has 0 bridgehead atoms. The van der Waals surface area contributed by atoms with Crippen LogP contribution in [0.25, 0.3) is 0 Å². The lowest BCUT2D eigenvalue weighted by Crippen LogP contribution is -2.29. The third-order valence-corrected chi connectivity index (χ3v) is 2.84. The van der Waals surface area contributed by atoms with Crippen molar-refractivity contribution in [1.82, 2.24) is 5.32 Å². The first-order valence-corrected chi connectivity index (χ1v) is 6.90. The highest BCUT2D eigenvalue weighted by Gasteiger charge is 2.00. The molecule has 4 nitrogen and oxygen atoms in total. The molecule has 1 aromatic rings. The fourth-order valence-electron chi connectivity index (χ4n) is 1.38. The number of carbonyl (C=O) groups is 1. The van der Waals surface area contributed by atoms with Gasteiger partial charge in [0.1, 0.15) is 0 Å². The Balaban J connectivity index is 2.12. The zero-order chi connectivity index (χ0) is 13.2. The molecule has 0 radical (unpaired) electrons. The van der Waals surface area contributed by atoms with Crippen molar-refractivity contribution >= 4 is 27.6 Å². The molecular formula is C13H19BrN2O2. The van der Waals surface area contributed by atoms with Crippen LogP contribution in [0.4, 0.5) is 10.5 Å². The summed E-state index contributed by atoms with van der Waals surface area (Å²) < 4.78 is 6.20. The summed E-state index contributed by atoms with van der Waals surface area (Å²) in [5.41, 5.74) is 0.782. The molecule has 5 heteroatoms. The summed E-state index contributed by atoms with van der Waals surface area (Å²) in [6.45, 7) is 4.14. The van der Waals surface area contributed by atoms with E-state index in [1.807, 2.05) is 31.2 Å². The molecule has 0 fully saturated rings. The Morgan fingerprint density at radius 1 is 1.28 bits per heavy atom. The second kappa shape index (κ2) is 8.94. The van der Waals surface area contributed by atoms with Gasteiger partial charge in [-0.05, 0) is 44.0 Å². The van der Waals surface area contributed by atoms with Crippen LogP contribution in [-0.2, 0) is 4.74 Å². The van der Waals surface area contributed by atoms with Gasteiger partial charge in [-0.25, -0.2) is 4.79 Å². The number of rotatable bonds is 7. The summed E-state index contributed by atoms with van der Waals surface area (Å²) in [5, 5.41) is 5.57. The first-order chi connectivity index (χ1) is 8.72. The Morgan fingerprint density at radius 3 is 2.67 bits per heavy atom. The Labute approximate surface area is 116 Å². The highest BCUT2D eigenvalue weighted by atomic mass is 79.9. The van der Waals surface area contributed by atoms with Crippen LogP contribution in [-0.4, -0.2) is 25.8 Å². The van der Waals surface area contributed by atoms with Gasteiger partial charge in [0.15, 0.2) is 0 Å². The molecule has 18 heavy (non-hydrogen) atoms. The lowest BCUT2D eigenvalue weighted by atomic mass is 10.3. The fraction of sp³-hybridized carbons (Fsp3) is 0.462. The molecule has 0 saturated carbocycles. The second-order valence-corrected chi connectivity index (χ2v) is 4.71. The molecule has 0 heterocycles. The van der Waals surface area contributed by atoms with Crippen molar-refractivity contribution in [3.05, 3.63) is 28.7 Å². The minimum atomic E-state index is -0.172. The maximum atomic E-state index is 11.5. The zero-order valence-electron chi connectivity index (χ0n) is 10.5. The van der Waals surface area contributed by atoms with Gasteiger partial charge in [0, 0.05) is 29.9 Å². The van der Waals surface area contributed by atoms with Crippen molar-refractivity contribution in [2.45, 2.75) is 19.8 Å². The maximum absolute atomic E-state index is 11.5. The first-order valence-electron chi connectivity index (χ1n) is 6.10. The SMILES string of the molecule is CCOCCCCNC(=O)Nc1ccc(Br)cc1. The Kier molecular flexibility index (Phi) is 7.44. The van der Waals surface area contributed by atoms with Crippen LogP contribution >= 0.6 is 15.9 Å². The number of benzene rings is 1. The molecule has 0 saturated heterocycles. The average molecular weight is 315 g/mol. The maximum Gasteiger partial charge on any atom is 0.319 e. The van der Waals surface area contributed by atoms with E-state index >= 15 is 0 Å². The lowest BCUT2D eigenvalue weighted by Gasteiger charge is -2.07. The molecule has 2 amide bonds. The average Bonchev–Trinajstić information content (AvgIpc) is 2.36. The summed E-state index contributed by atoms with van der Waals surface area (Å²) in [5.74, 6) is 0. The number of carbonyl (C=O) groups excluding carboxylic acids is 1. The topological polar surface area (TPSA) is 50.4 Å². The second-order valence-electron chi connectivity index (χ2n) is 3.79. The van der Waals surface area contributed by atoms with Gasteiger partial charge in [0.2, 0.25) is 0 Å². The van der Waals surface area contributed by atoms with Crippen molar-refractivity contribution in [2.75, 3.05) is 25.1 Å². The fourth-order valence-corrected chi connectivity index (χ4v) is 1.65. The minimum Gasteiger partial charge on any atom is -0.382 e. The normalized spacial score (nSPS) is 10.1. The molecule has 1 rings (SSSR count). The standard InChI is InChI=1S/C13H19BrN2O2/c1-2-18-10-4-3-9-15-13(17)16-12-7-5-11(14)6-8-12/h5-8H,2-4,9-10H2,1H3,(H2,15,16,17). The van der Waals surface area contributed by atoms with E-state index in [-0.39, 0.29) is 6.03 Å². The molecule has 100 valence electrons. The summed E-state index contributed by atoms with van der Waals surface area (Å²) in [4.78, 5) is 11.5. The van der Waals surface area contributed by atoms with Crippen molar-refractivity contribution in [3.8, 4) is 0 Å². The Bertz CT molecular complexity index is 355. The van der Waals surface area contributed by atoms with Crippen LogP contribution in [0, 0.1) is 0 Å². The van der Waals surface area contributed by atoms with Crippen LogP contribution in [0.15, 0.2) is 28.7 Å². The molecule has 2 N–H and O–H groups in total. The smallest absolute Gasteiger partial charge is 0.319 e. The number of hydrogen-bond donors (Lipinski definition) is 2. The van der Waals surface area contributed by atoms with Crippen molar-refractivity contribution in [3.63, 3.8) is 0 Å². The van der Waals surface area contributed by atoms with Gasteiger partial charge in [-0.2, -0.15) is 0 Å². The number of amides is 2. The van der Waals surface area contributed by atoms with Crippen molar-refractivity contribution < 1.29 is 9.53 Å². The molecule has 0 aliphatic carbocycles. The zero-order valence-corrected chi connectivity index (χ0v) is 12.1. The van der Waals surface area contributed by atoms with Gasteiger partial charge >= 0.3 is 6.03 Å². The van der Waals surface area contributed by atoms with Crippen LogP contribution in [0.3, 0.4) is 0 Å². The third-order valence-electron chi connectivity index (χ3n) is 2.31. The number of unbranched alkanes of at least 4 members (excludes halogenated alkanes) is 1. The molecule has 1 aromatic carbocycles. The number of nitrogens with one attached hydrogen (secondary N) is 2. The Hall–Kier alpha value is -1.07. The molecule has 0 spiro atoms. The van der Waals surface area contributed by atoms with Gasteiger partial charge in [-0.1, -0.05) is 15.9 Å². The molecule has 0 unspecified atom stereocenters. The molecule has 0 aliphatic rings. The highest BCUT2D eigenvalue weighted by Crippen LogP contribution is 2.13. The first kappa shape index (κ1) is 15.0. The van der Waals surface area contributed by atoms with E-state index in [1.165, 1.54) is 0 Å². The van der Waals surface area contributed by atoms with Crippen LogP contribution < -0.4 is 10.6 Å². The van der Waals surface area contributed by atoms with E-state index in [2.05, 4.69) is 26.6 Å². The molecule has 0 aromatic heterocycles. The summed E-state index contributed by atoms with van der Waals surface area (Å²) in [7, 11) is 0. The summed E-state index contributed by atoms with van der Waals surface area (Å²) in [6, 6.07) is 7.29. The van der Waals surface area contributed by atoms with E-state index in [0.717, 1.165) is 36.2 Å². The Morgan fingerprint density at radius 2 is 2.00 bits per heavy atom. The highest BCUT2D eigenvalue weighted by molar-refractivity contribution is 9.10.